The van der Waals surface area contributed by atoms with Gasteiger partial charge in [-0.25, -0.2) is 0 Å². The summed E-state index contributed by atoms with van der Waals surface area (Å²) in [6.07, 6.45) is 6.73. The van der Waals surface area contributed by atoms with Gasteiger partial charge in [-0.05, 0) is 43.5 Å². The molecule has 2 aromatic rings. The Bertz CT molecular complexity index is 707. The molecule has 1 aromatic carbocycles. The van der Waals surface area contributed by atoms with Crippen molar-refractivity contribution in [3.05, 3.63) is 48.4 Å². The third-order valence-electron chi connectivity index (χ3n) is 5.94. The Hall–Kier alpha value is -2.07. The molecule has 0 N–H and O–H groups in total. The van der Waals surface area contributed by atoms with E-state index < -0.39 is 0 Å². The molecule has 0 unspecified atom stereocenters. The van der Waals surface area contributed by atoms with E-state index in [0.717, 1.165) is 24.0 Å². The lowest BCUT2D eigenvalue weighted by molar-refractivity contribution is -0.150. The predicted octanol–water partition coefficient (Wildman–Crippen LogP) is 3.69. The van der Waals surface area contributed by atoms with E-state index in [1.807, 2.05) is 6.07 Å². The molecule has 2 saturated heterocycles. The van der Waals surface area contributed by atoms with Crippen molar-refractivity contribution >= 4 is 5.97 Å². The summed E-state index contributed by atoms with van der Waals surface area (Å²) in [6, 6.07) is 11.4. The van der Waals surface area contributed by atoms with Gasteiger partial charge in [-0.15, -0.1) is 0 Å². The van der Waals surface area contributed by atoms with Crippen molar-refractivity contribution < 1.29 is 13.9 Å². The molecule has 0 amide bonds. The highest BCUT2D eigenvalue weighted by molar-refractivity contribution is 5.75. The number of fused-ring (bicyclic) bond motifs is 2. The third-order valence-corrected chi connectivity index (χ3v) is 5.94. The lowest BCUT2D eigenvalue weighted by Crippen LogP contribution is -2.49. The summed E-state index contributed by atoms with van der Waals surface area (Å²) in [6.45, 7) is 0. The van der Waals surface area contributed by atoms with Gasteiger partial charge in [-0.2, -0.15) is 0 Å². The number of hydrogen-bond donors (Lipinski definition) is 0. The topological polar surface area (TPSA) is 42.7 Å². The molecule has 0 aliphatic carbocycles. The summed E-state index contributed by atoms with van der Waals surface area (Å²) in [5.41, 5.74) is 3.45. The minimum absolute atomic E-state index is 0.0708. The van der Waals surface area contributed by atoms with E-state index in [-0.39, 0.29) is 17.8 Å². The Morgan fingerprint density at radius 1 is 1.17 bits per heavy atom. The summed E-state index contributed by atoms with van der Waals surface area (Å²) in [5.74, 6) is 0.0965. The van der Waals surface area contributed by atoms with Gasteiger partial charge in [-0.1, -0.05) is 24.3 Å². The monoisotopic (exact) mass is 325 g/mol. The highest BCUT2D eigenvalue weighted by atomic mass is 16.5. The number of furan rings is 1. The van der Waals surface area contributed by atoms with Crippen LogP contribution in [0, 0.1) is 5.92 Å². The van der Waals surface area contributed by atoms with E-state index >= 15 is 0 Å². The van der Waals surface area contributed by atoms with Crippen LogP contribution in [0.15, 0.2) is 47.3 Å². The number of carbonyl (C=O) groups excluding carboxylic acids is 1. The van der Waals surface area contributed by atoms with E-state index in [1.54, 1.807) is 12.5 Å². The number of methoxy groups -OCH3 is 1. The smallest absolute Gasteiger partial charge is 0.310 e. The Kier molecular flexibility index (Phi) is 3.93. The first kappa shape index (κ1) is 15.5. The molecule has 126 valence electrons. The van der Waals surface area contributed by atoms with Gasteiger partial charge < -0.3 is 9.15 Å². The van der Waals surface area contributed by atoms with Crippen LogP contribution in [0.1, 0.15) is 30.7 Å². The Labute approximate surface area is 142 Å². The van der Waals surface area contributed by atoms with Gasteiger partial charge in [-0.3, -0.25) is 9.69 Å². The molecule has 0 saturated carbocycles. The fourth-order valence-corrected chi connectivity index (χ4v) is 4.62. The predicted molar refractivity (Wildman–Crippen MR) is 91.6 cm³/mol. The quantitative estimate of drug-likeness (QED) is 0.807. The minimum Gasteiger partial charge on any atom is -0.472 e. The van der Waals surface area contributed by atoms with E-state index in [1.165, 1.54) is 19.1 Å². The van der Waals surface area contributed by atoms with Gasteiger partial charge in [0.2, 0.25) is 0 Å². The second kappa shape index (κ2) is 6.10. The van der Waals surface area contributed by atoms with Crippen molar-refractivity contribution in [1.29, 1.82) is 0 Å². The molecule has 2 bridgehead atoms. The Morgan fingerprint density at radius 3 is 2.62 bits per heavy atom. The summed E-state index contributed by atoms with van der Waals surface area (Å²) in [4.78, 5) is 14.9. The van der Waals surface area contributed by atoms with Crippen molar-refractivity contribution in [3.8, 4) is 11.1 Å². The lowest BCUT2D eigenvalue weighted by atomic mass is 9.76. The van der Waals surface area contributed by atoms with E-state index in [2.05, 4.69) is 36.2 Å². The maximum absolute atomic E-state index is 12.5. The Balaban J connectivity index is 1.65. The van der Waals surface area contributed by atoms with Crippen molar-refractivity contribution in [3.63, 3.8) is 0 Å². The van der Waals surface area contributed by atoms with Crippen molar-refractivity contribution in [2.45, 2.75) is 37.3 Å². The van der Waals surface area contributed by atoms with Crippen LogP contribution in [0.2, 0.25) is 0 Å². The molecular weight excluding hydrogens is 302 g/mol. The molecule has 4 nitrogen and oxygen atoms in total. The minimum atomic E-state index is -0.0730. The van der Waals surface area contributed by atoms with Crippen LogP contribution in [-0.4, -0.2) is 37.1 Å². The summed E-state index contributed by atoms with van der Waals surface area (Å²) < 4.78 is 10.3. The number of esters is 1. The van der Waals surface area contributed by atoms with Crippen molar-refractivity contribution in [2.24, 2.45) is 5.92 Å². The highest BCUT2D eigenvalue weighted by Crippen LogP contribution is 2.46. The van der Waals surface area contributed by atoms with Gasteiger partial charge in [0.15, 0.2) is 0 Å². The van der Waals surface area contributed by atoms with Gasteiger partial charge in [0.05, 0.1) is 25.6 Å². The van der Waals surface area contributed by atoms with Gasteiger partial charge in [0.1, 0.15) is 0 Å². The molecule has 2 aliphatic heterocycles. The zero-order valence-corrected chi connectivity index (χ0v) is 14.1. The maximum Gasteiger partial charge on any atom is 0.310 e. The third kappa shape index (κ3) is 2.46. The number of hydrogen-bond acceptors (Lipinski definition) is 4. The van der Waals surface area contributed by atoms with Crippen LogP contribution >= 0.6 is 0 Å². The highest BCUT2D eigenvalue weighted by Gasteiger charge is 2.49. The van der Waals surface area contributed by atoms with Gasteiger partial charge >= 0.3 is 5.97 Å². The zero-order valence-electron chi connectivity index (χ0n) is 14.1. The van der Waals surface area contributed by atoms with E-state index in [0.29, 0.717) is 12.1 Å². The van der Waals surface area contributed by atoms with Gasteiger partial charge in [0, 0.05) is 23.6 Å². The number of rotatable bonds is 3. The number of nitrogens with zero attached hydrogens (tertiary/aromatic N) is 1. The molecule has 0 radical (unpaired) electrons. The molecule has 1 aromatic heterocycles. The maximum atomic E-state index is 12.5. The molecule has 3 heterocycles. The summed E-state index contributed by atoms with van der Waals surface area (Å²) in [5, 5.41) is 0. The van der Waals surface area contributed by atoms with E-state index in [4.69, 9.17) is 9.15 Å². The van der Waals surface area contributed by atoms with Crippen LogP contribution in [0.5, 0.6) is 0 Å². The molecule has 2 aliphatic rings. The van der Waals surface area contributed by atoms with Gasteiger partial charge in [0.25, 0.3) is 0 Å². The Morgan fingerprint density at radius 2 is 1.96 bits per heavy atom. The molecule has 2 fully saturated rings. The van der Waals surface area contributed by atoms with Crippen LogP contribution < -0.4 is 0 Å². The number of benzene rings is 1. The SMILES string of the molecule is COC(=O)[C@H]1[C@@H](c2ccc(-c3ccoc3)cc2)C[C@@H]2CC[C@H]1N2C. The average molecular weight is 325 g/mol. The normalized spacial score (nSPS) is 29.6. The van der Waals surface area contributed by atoms with Crippen LogP contribution in [0.3, 0.4) is 0 Å². The number of carbonyl (C=O) groups is 1. The molecule has 4 heteroatoms. The molecular formula is C20H23NO3. The van der Waals surface area contributed by atoms with Crippen LogP contribution in [0.25, 0.3) is 11.1 Å². The number of piperidine rings is 1. The molecule has 24 heavy (non-hydrogen) atoms. The fourth-order valence-electron chi connectivity index (χ4n) is 4.62. The first-order valence-electron chi connectivity index (χ1n) is 8.61. The second-order valence-electron chi connectivity index (χ2n) is 6.99. The van der Waals surface area contributed by atoms with Crippen molar-refractivity contribution in [1.82, 2.24) is 4.90 Å². The summed E-state index contributed by atoms with van der Waals surface area (Å²) >= 11 is 0. The zero-order chi connectivity index (χ0) is 16.7. The standard InChI is InChI=1S/C20H23NO3/c1-21-16-7-8-18(21)19(20(22)23-2)17(11-16)14-5-3-13(4-6-14)15-9-10-24-12-15/h3-6,9-10,12,16-19H,7-8,11H2,1-2H3/t16-,17+,18+,19-/m0/s1. The van der Waals surface area contributed by atoms with Crippen LogP contribution in [-0.2, 0) is 9.53 Å². The van der Waals surface area contributed by atoms with E-state index in [9.17, 15) is 4.79 Å². The first-order valence-corrected chi connectivity index (χ1v) is 8.61. The van der Waals surface area contributed by atoms with Crippen LogP contribution in [0.4, 0.5) is 0 Å². The molecule has 0 spiro atoms. The number of ether oxygens (including phenoxy) is 1. The summed E-state index contributed by atoms with van der Waals surface area (Å²) in [7, 11) is 3.65. The lowest BCUT2D eigenvalue weighted by Gasteiger charge is -2.41. The fraction of sp³-hybridized carbons (Fsp3) is 0.450. The molecule has 4 atom stereocenters. The molecule has 4 rings (SSSR count). The average Bonchev–Trinajstić information content (AvgIpc) is 3.21. The first-order chi connectivity index (χ1) is 11.7. The second-order valence-corrected chi connectivity index (χ2v) is 6.99. The van der Waals surface area contributed by atoms with Crippen molar-refractivity contribution in [2.75, 3.05) is 14.2 Å². The largest absolute Gasteiger partial charge is 0.472 e.